The van der Waals surface area contributed by atoms with Crippen molar-refractivity contribution in [2.24, 2.45) is 5.92 Å². The summed E-state index contributed by atoms with van der Waals surface area (Å²) in [4.78, 5) is 35.1. The molecule has 0 saturated carbocycles. The van der Waals surface area contributed by atoms with Crippen molar-refractivity contribution in [3.05, 3.63) is 34.6 Å². The summed E-state index contributed by atoms with van der Waals surface area (Å²) < 4.78 is 13.7. The highest BCUT2D eigenvalue weighted by atomic mass is 19.1. The van der Waals surface area contributed by atoms with Gasteiger partial charge in [-0.3, -0.25) is 19.7 Å². The maximum atomic E-state index is 13.7. The van der Waals surface area contributed by atoms with Crippen molar-refractivity contribution in [2.75, 3.05) is 0 Å². The van der Waals surface area contributed by atoms with Gasteiger partial charge in [0.25, 0.3) is 0 Å². The van der Waals surface area contributed by atoms with E-state index in [0.717, 1.165) is 5.56 Å². The van der Waals surface area contributed by atoms with Crippen LogP contribution in [0.25, 0.3) is 0 Å². The second-order valence-electron chi connectivity index (χ2n) is 5.39. The third-order valence-corrected chi connectivity index (χ3v) is 3.85. The van der Waals surface area contributed by atoms with Crippen LogP contribution in [-0.2, 0) is 16.0 Å². The van der Waals surface area contributed by atoms with E-state index < -0.39 is 17.6 Å². The minimum Gasteiger partial charge on any atom is -0.296 e. The van der Waals surface area contributed by atoms with Crippen molar-refractivity contribution in [3.8, 4) is 0 Å². The van der Waals surface area contributed by atoms with Crippen LogP contribution in [0, 0.1) is 18.7 Å². The number of amides is 2. The van der Waals surface area contributed by atoms with Crippen LogP contribution >= 0.6 is 0 Å². The first kappa shape index (κ1) is 15.4. The minimum atomic E-state index is -0.510. The number of imide groups is 1. The molecule has 1 unspecified atom stereocenters. The Labute approximate surface area is 122 Å². The third kappa shape index (κ3) is 3.35. The van der Waals surface area contributed by atoms with Gasteiger partial charge in [-0.15, -0.1) is 0 Å². The summed E-state index contributed by atoms with van der Waals surface area (Å²) in [6, 6.07) is 2.93. The Bertz CT molecular complexity index is 610. The van der Waals surface area contributed by atoms with E-state index in [1.165, 1.54) is 6.07 Å². The zero-order valence-electron chi connectivity index (χ0n) is 12.2. The molecule has 2 amide bonds. The van der Waals surface area contributed by atoms with Gasteiger partial charge in [0.15, 0.2) is 5.78 Å². The van der Waals surface area contributed by atoms with E-state index in [9.17, 15) is 18.8 Å². The second kappa shape index (κ2) is 6.16. The molecule has 0 aliphatic carbocycles. The van der Waals surface area contributed by atoms with Gasteiger partial charge in [0.05, 0.1) is 0 Å². The molecule has 21 heavy (non-hydrogen) atoms. The molecule has 0 radical (unpaired) electrons. The van der Waals surface area contributed by atoms with Crippen LogP contribution in [0.4, 0.5) is 4.39 Å². The molecular formula is C16H18FNO3. The average Bonchev–Trinajstić information content (AvgIpc) is 2.44. The number of ketones is 1. The van der Waals surface area contributed by atoms with Gasteiger partial charge in [0.1, 0.15) is 5.82 Å². The van der Waals surface area contributed by atoms with Crippen LogP contribution in [0.1, 0.15) is 47.7 Å². The lowest BCUT2D eigenvalue weighted by Crippen LogP contribution is -2.41. The molecule has 5 heteroatoms. The molecular weight excluding hydrogens is 273 g/mol. The maximum Gasteiger partial charge on any atom is 0.230 e. The first-order chi connectivity index (χ1) is 9.92. The smallest absolute Gasteiger partial charge is 0.230 e. The SMILES string of the molecule is CCc1cc(C)c(F)cc1C(=O)CC1CCC(=O)NC1=O. The molecule has 1 aromatic rings. The number of hydrogen-bond acceptors (Lipinski definition) is 3. The van der Waals surface area contributed by atoms with Gasteiger partial charge < -0.3 is 0 Å². The van der Waals surface area contributed by atoms with Crippen LogP contribution in [0.15, 0.2) is 12.1 Å². The van der Waals surface area contributed by atoms with E-state index >= 15 is 0 Å². The number of benzene rings is 1. The highest BCUT2D eigenvalue weighted by Gasteiger charge is 2.29. The van der Waals surface area contributed by atoms with Crippen LogP contribution in [0.2, 0.25) is 0 Å². The molecule has 112 valence electrons. The highest BCUT2D eigenvalue weighted by molar-refractivity contribution is 6.03. The average molecular weight is 291 g/mol. The Balaban J connectivity index is 2.19. The summed E-state index contributed by atoms with van der Waals surface area (Å²) in [5, 5.41) is 2.23. The summed E-state index contributed by atoms with van der Waals surface area (Å²) in [5.41, 5.74) is 1.63. The summed E-state index contributed by atoms with van der Waals surface area (Å²) in [5.74, 6) is -1.90. The number of nitrogens with one attached hydrogen (secondary N) is 1. The van der Waals surface area contributed by atoms with Crippen molar-refractivity contribution < 1.29 is 18.8 Å². The van der Waals surface area contributed by atoms with Gasteiger partial charge in [-0.05, 0) is 37.0 Å². The number of carbonyl (C=O) groups is 3. The number of aryl methyl sites for hydroxylation is 2. The highest BCUT2D eigenvalue weighted by Crippen LogP contribution is 2.23. The van der Waals surface area contributed by atoms with E-state index in [4.69, 9.17) is 0 Å². The van der Waals surface area contributed by atoms with Crippen molar-refractivity contribution in [1.82, 2.24) is 5.32 Å². The number of halogens is 1. The van der Waals surface area contributed by atoms with Crippen molar-refractivity contribution in [1.29, 1.82) is 0 Å². The monoisotopic (exact) mass is 291 g/mol. The van der Waals surface area contributed by atoms with Crippen LogP contribution < -0.4 is 5.32 Å². The largest absolute Gasteiger partial charge is 0.296 e. The second-order valence-corrected chi connectivity index (χ2v) is 5.39. The number of hydrogen-bond donors (Lipinski definition) is 1. The van der Waals surface area contributed by atoms with E-state index in [-0.39, 0.29) is 24.5 Å². The van der Waals surface area contributed by atoms with Gasteiger partial charge in [0.2, 0.25) is 11.8 Å². The van der Waals surface area contributed by atoms with Crippen molar-refractivity contribution in [2.45, 2.75) is 39.5 Å². The number of rotatable bonds is 4. The predicted molar refractivity (Wildman–Crippen MR) is 75.3 cm³/mol. The summed E-state index contributed by atoms with van der Waals surface area (Å²) in [6.45, 7) is 3.55. The molecule has 1 fully saturated rings. The lowest BCUT2D eigenvalue weighted by molar-refractivity contribution is -0.136. The minimum absolute atomic E-state index is 0.00855. The fraction of sp³-hybridized carbons (Fsp3) is 0.438. The fourth-order valence-electron chi connectivity index (χ4n) is 2.56. The molecule has 1 aliphatic heterocycles. The molecule has 1 aromatic carbocycles. The van der Waals surface area contributed by atoms with Crippen LogP contribution in [-0.4, -0.2) is 17.6 Å². The molecule has 1 heterocycles. The number of carbonyl (C=O) groups excluding carboxylic acids is 3. The van der Waals surface area contributed by atoms with E-state index in [2.05, 4.69) is 5.32 Å². The van der Waals surface area contributed by atoms with Crippen molar-refractivity contribution >= 4 is 17.6 Å². The molecule has 2 rings (SSSR count). The lowest BCUT2D eigenvalue weighted by Gasteiger charge is -2.20. The quantitative estimate of drug-likeness (QED) is 0.684. The Morgan fingerprint density at radius 3 is 2.71 bits per heavy atom. The summed E-state index contributed by atoms with van der Waals surface area (Å²) in [7, 11) is 0. The fourth-order valence-corrected chi connectivity index (χ4v) is 2.56. The first-order valence-electron chi connectivity index (χ1n) is 7.08. The van der Waals surface area contributed by atoms with Crippen molar-refractivity contribution in [3.63, 3.8) is 0 Å². The standard InChI is InChI=1S/C16H18FNO3/c1-3-10-6-9(2)13(17)8-12(10)14(19)7-11-4-5-15(20)18-16(11)21/h6,8,11H,3-5,7H2,1-2H3,(H,18,20,21). The van der Waals surface area contributed by atoms with E-state index in [1.54, 1.807) is 13.0 Å². The topological polar surface area (TPSA) is 63.2 Å². The Morgan fingerprint density at radius 2 is 2.10 bits per heavy atom. The zero-order valence-corrected chi connectivity index (χ0v) is 12.2. The first-order valence-corrected chi connectivity index (χ1v) is 7.08. The van der Waals surface area contributed by atoms with Gasteiger partial charge in [0, 0.05) is 24.3 Å². The maximum absolute atomic E-state index is 13.7. The number of piperidine rings is 1. The third-order valence-electron chi connectivity index (χ3n) is 3.85. The Kier molecular flexibility index (Phi) is 4.50. The lowest BCUT2D eigenvalue weighted by atomic mass is 9.88. The molecule has 1 saturated heterocycles. The molecule has 0 bridgehead atoms. The molecule has 1 N–H and O–H groups in total. The Hall–Kier alpha value is -2.04. The zero-order chi connectivity index (χ0) is 15.6. The van der Waals surface area contributed by atoms with Crippen LogP contribution in [0.3, 0.4) is 0 Å². The summed E-state index contributed by atoms with van der Waals surface area (Å²) >= 11 is 0. The van der Waals surface area contributed by atoms with Gasteiger partial charge in [-0.1, -0.05) is 13.0 Å². The molecule has 1 aliphatic rings. The van der Waals surface area contributed by atoms with E-state index in [0.29, 0.717) is 24.0 Å². The molecule has 0 aromatic heterocycles. The van der Waals surface area contributed by atoms with Gasteiger partial charge in [-0.2, -0.15) is 0 Å². The molecule has 4 nitrogen and oxygen atoms in total. The molecule has 0 spiro atoms. The normalized spacial score (nSPS) is 18.5. The molecule has 1 atom stereocenters. The van der Waals surface area contributed by atoms with Crippen LogP contribution in [0.5, 0.6) is 0 Å². The van der Waals surface area contributed by atoms with E-state index in [1.807, 2.05) is 6.92 Å². The summed E-state index contributed by atoms with van der Waals surface area (Å²) in [6.07, 6.45) is 1.24. The Morgan fingerprint density at radius 1 is 1.38 bits per heavy atom. The predicted octanol–water partition coefficient (Wildman–Crippen LogP) is 2.32. The van der Waals surface area contributed by atoms with Gasteiger partial charge in [-0.25, -0.2) is 4.39 Å². The number of Topliss-reactive ketones (excluding diaryl/α,β-unsaturated/α-hetero) is 1. The van der Waals surface area contributed by atoms with Gasteiger partial charge >= 0.3 is 0 Å².